The molecule has 1 fully saturated rings. The first-order chi connectivity index (χ1) is 13.1. The standard InChI is InChI=1S/C18H18N5O4/c24-15-9-16(22(11-15)10-12-4-6-19-7-5-12)18-20-17(21-27-18)13-2-1-3-14(8-13)23(25)26/h1-8,15-16,24-25H,9-11H2/q-1/t15-,16+/m1/s1. The highest BCUT2D eigenvalue weighted by Crippen LogP contribution is 2.33. The van der Waals surface area contributed by atoms with Crippen molar-refractivity contribution in [3.05, 3.63) is 65.5 Å². The molecule has 3 heterocycles. The van der Waals surface area contributed by atoms with Crippen LogP contribution in [-0.4, -0.2) is 43.0 Å². The fourth-order valence-electron chi connectivity index (χ4n) is 3.29. The second-order valence-electron chi connectivity index (χ2n) is 6.47. The smallest absolute Gasteiger partial charge is 0.244 e. The normalized spacial score (nSPS) is 20.1. The van der Waals surface area contributed by atoms with Crippen molar-refractivity contribution in [2.45, 2.75) is 25.1 Å². The van der Waals surface area contributed by atoms with Crippen LogP contribution >= 0.6 is 0 Å². The summed E-state index contributed by atoms with van der Waals surface area (Å²) in [6.45, 7) is 1.14. The Hall–Kier alpha value is -2.85. The highest BCUT2D eigenvalue weighted by molar-refractivity contribution is 5.62. The Morgan fingerprint density at radius 1 is 1.26 bits per heavy atom. The summed E-state index contributed by atoms with van der Waals surface area (Å²) in [5.74, 6) is 0.725. The first-order valence-corrected chi connectivity index (χ1v) is 8.51. The van der Waals surface area contributed by atoms with Crippen molar-refractivity contribution >= 4 is 5.69 Å². The molecule has 27 heavy (non-hydrogen) atoms. The maximum absolute atomic E-state index is 11.1. The minimum atomic E-state index is -0.473. The van der Waals surface area contributed by atoms with Crippen molar-refractivity contribution in [3.63, 3.8) is 0 Å². The van der Waals surface area contributed by atoms with Crippen molar-refractivity contribution in [1.29, 1.82) is 0 Å². The average molecular weight is 368 g/mol. The lowest BCUT2D eigenvalue weighted by Gasteiger charge is -2.21. The van der Waals surface area contributed by atoms with Crippen LogP contribution in [0.3, 0.4) is 0 Å². The van der Waals surface area contributed by atoms with Gasteiger partial charge in [-0.15, -0.1) is 0 Å². The molecule has 4 rings (SSSR count). The van der Waals surface area contributed by atoms with Crippen molar-refractivity contribution < 1.29 is 14.8 Å². The van der Waals surface area contributed by atoms with Gasteiger partial charge in [0.05, 0.1) is 17.8 Å². The molecule has 0 saturated carbocycles. The molecule has 1 aliphatic heterocycles. The fourth-order valence-corrected chi connectivity index (χ4v) is 3.29. The molecule has 0 aliphatic carbocycles. The summed E-state index contributed by atoms with van der Waals surface area (Å²) >= 11 is 0. The van der Waals surface area contributed by atoms with Crippen molar-refractivity contribution in [3.8, 4) is 11.4 Å². The molecule has 2 N–H and O–H groups in total. The van der Waals surface area contributed by atoms with Crippen LogP contribution in [0.1, 0.15) is 23.9 Å². The Morgan fingerprint density at radius 3 is 2.85 bits per heavy atom. The number of anilines is 1. The quantitative estimate of drug-likeness (QED) is 0.652. The number of hydrogen-bond acceptors (Lipinski definition) is 9. The van der Waals surface area contributed by atoms with Gasteiger partial charge in [0.1, 0.15) is 0 Å². The molecule has 9 heteroatoms. The monoisotopic (exact) mass is 368 g/mol. The summed E-state index contributed by atoms with van der Waals surface area (Å²) in [7, 11) is 0. The number of aromatic nitrogens is 3. The van der Waals surface area contributed by atoms with E-state index < -0.39 is 6.10 Å². The minimum absolute atomic E-state index is 0.0782. The van der Waals surface area contributed by atoms with Crippen molar-refractivity contribution in [2.24, 2.45) is 0 Å². The number of hydrogen-bond donors (Lipinski definition) is 2. The molecule has 9 nitrogen and oxygen atoms in total. The maximum Gasteiger partial charge on any atom is 0.244 e. The number of benzene rings is 1. The molecular formula is C18H18N5O4-. The molecule has 0 bridgehead atoms. The maximum atomic E-state index is 11.1. The van der Waals surface area contributed by atoms with Gasteiger partial charge in [0.15, 0.2) is 0 Å². The Labute approximate surface area is 155 Å². The van der Waals surface area contributed by atoms with Gasteiger partial charge in [0.25, 0.3) is 0 Å². The van der Waals surface area contributed by atoms with E-state index in [1.54, 1.807) is 24.5 Å². The highest BCUT2D eigenvalue weighted by atomic mass is 16.8. The topological polar surface area (TPSA) is 122 Å². The molecule has 1 saturated heterocycles. The minimum Gasteiger partial charge on any atom is -0.733 e. The van der Waals surface area contributed by atoms with E-state index in [1.807, 2.05) is 12.1 Å². The molecule has 2 atom stereocenters. The second kappa shape index (κ2) is 7.41. The zero-order chi connectivity index (χ0) is 18.8. The van der Waals surface area contributed by atoms with Gasteiger partial charge in [0, 0.05) is 31.0 Å². The summed E-state index contributed by atoms with van der Waals surface area (Å²) in [6, 6.07) is 9.94. The lowest BCUT2D eigenvalue weighted by Crippen LogP contribution is -2.24. The molecule has 0 radical (unpaired) electrons. The first kappa shape index (κ1) is 17.6. The first-order valence-electron chi connectivity index (χ1n) is 8.51. The molecule has 0 unspecified atom stereocenters. The Morgan fingerprint density at radius 2 is 2.07 bits per heavy atom. The van der Waals surface area contributed by atoms with E-state index in [0.29, 0.717) is 36.8 Å². The molecule has 1 aromatic carbocycles. The summed E-state index contributed by atoms with van der Waals surface area (Å²) in [5, 5.41) is 34.0. The third-order valence-corrected chi connectivity index (χ3v) is 4.57. The number of pyridine rings is 1. The average Bonchev–Trinajstić information content (AvgIpc) is 3.29. The van der Waals surface area contributed by atoms with E-state index in [1.165, 1.54) is 12.1 Å². The van der Waals surface area contributed by atoms with Crippen LogP contribution < -0.4 is 5.23 Å². The van der Waals surface area contributed by atoms with Crippen LogP contribution in [0, 0.1) is 5.21 Å². The molecule has 0 amide bonds. The zero-order valence-corrected chi connectivity index (χ0v) is 14.3. The molecule has 140 valence electrons. The van der Waals surface area contributed by atoms with Gasteiger partial charge in [-0.05, 0) is 36.2 Å². The van der Waals surface area contributed by atoms with Gasteiger partial charge < -0.3 is 20.1 Å². The number of likely N-dealkylation sites (tertiary alicyclic amines) is 1. The van der Waals surface area contributed by atoms with Gasteiger partial charge in [-0.3, -0.25) is 15.1 Å². The van der Waals surface area contributed by atoms with E-state index >= 15 is 0 Å². The SMILES string of the molecule is [O-]N(O)c1cccc(-c2noc([C@@H]3C[C@@H](O)CN3Cc3ccncc3)n2)c1. The summed E-state index contributed by atoms with van der Waals surface area (Å²) < 4.78 is 5.44. The Bertz CT molecular complexity index is 902. The van der Waals surface area contributed by atoms with Crippen LogP contribution in [0.4, 0.5) is 5.69 Å². The molecule has 2 aromatic heterocycles. The lowest BCUT2D eigenvalue weighted by molar-refractivity contribution is 0.169. The van der Waals surface area contributed by atoms with Crippen LogP contribution in [-0.2, 0) is 6.54 Å². The zero-order valence-electron chi connectivity index (χ0n) is 14.3. The van der Waals surface area contributed by atoms with Gasteiger partial charge in [-0.2, -0.15) is 4.98 Å². The third kappa shape index (κ3) is 3.81. The fraction of sp³-hybridized carbons (Fsp3) is 0.278. The van der Waals surface area contributed by atoms with Gasteiger partial charge in [-0.1, -0.05) is 17.3 Å². The van der Waals surface area contributed by atoms with Crippen LogP contribution in [0.5, 0.6) is 0 Å². The second-order valence-corrected chi connectivity index (χ2v) is 6.47. The molecular weight excluding hydrogens is 350 g/mol. The van der Waals surface area contributed by atoms with Crippen LogP contribution in [0.25, 0.3) is 11.4 Å². The number of β-amino-alcohol motifs (C(OH)–C–C–N with tert-alkyl or cyclic N) is 1. The predicted octanol–water partition coefficient (Wildman–Crippen LogP) is 2.13. The van der Waals surface area contributed by atoms with E-state index in [4.69, 9.17) is 9.73 Å². The number of nitrogens with zero attached hydrogens (tertiary/aromatic N) is 5. The summed E-state index contributed by atoms with van der Waals surface area (Å²) in [6.07, 6.45) is 3.49. The largest absolute Gasteiger partial charge is 0.733 e. The Kier molecular flexibility index (Phi) is 4.82. The summed E-state index contributed by atoms with van der Waals surface area (Å²) in [4.78, 5) is 10.5. The van der Waals surface area contributed by atoms with E-state index in [-0.39, 0.29) is 17.0 Å². The summed E-state index contributed by atoms with van der Waals surface area (Å²) in [5.41, 5.74) is 1.71. The van der Waals surface area contributed by atoms with Crippen LogP contribution in [0.15, 0.2) is 53.3 Å². The Balaban J connectivity index is 1.57. The third-order valence-electron chi connectivity index (χ3n) is 4.57. The molecule has 3 aromatic rings. The van der Waals surface area contributed by atoms with E-state index in [0.717, 1.165) is 5.56 Å². The molecule has 1 aliphatic rings. The van der Waals surface area contributed by atoms with Crippen molar-refractivity contribution in [1.82, 2.24) is 20.0 Å². The number of rotatable bonds is 5. The van der Waals surface area contributed by atoms with E-state index in [9.17, 15) is 10.3 Å². The highest BCUT2D eigenvalue weighted by Gasteiger charge is 2.35. The van der Waals surface area contributed by atoms with Gasteiger partial charge in [-0.25, -0.2) is 0 Å². The number of aliphatic hydroxyl groups excluding tert-OH is 1. The number of aliphatic hydroxyl groups is 1. The van der Waals surface area contributed by atoms with Gasteiger partial charge in [0.2, 0.25) is 11.7 Å². The lowest BCUT2D eigenvalue weighted by atomic mass is 10.1. The van der Waals surface area contributed by atoms with Gasteiger partial charge >= 0.3 is 0 Å². The van der Waals surface area contributed by atoms with Crippen LogP contribution in [0.2, 0.25) is 0 Å². The predicted molar refractivity (Wildman–Crippen MR) is 95.4 cm³/mol. The van der Waals surface area contributed by atoms with E-state index in [2.05, 4.69) is 20.0 Å². The molecule has 0 spiro atoms. The van der Waals surface area contributed by atoms with Crippen molar-refractivity contribution in [2.75, 3.05) is 11.8 Å².